The number of rotatable bonds is 4. The maximum Gasteiger partial charge on any atom is 0.228 e. The van der Waals surface area contributed by atoms with Gasteiger partial charge in [-0.25, -0.2) is 4.98 Å². The Bertz CT molecular complexity index is 1070. The molecule has 2 fully saturated rings. The number of piperidine rings is 1. The van der Waals surface area contributed by atoms with Gasteiger partial charge in [-0.3, -0.25) is 9.59 Å². The van der Waals surface area contributed by atoms with Gasteiger partial charge in [0.25, 0.3) is 0 Å². The van der Waals surface area contributed by atoms with E-state index in [0.29, 0.717) is 19.5 Å². The molecule has 3 aromatic rings. The van der Waals surface area contributed by atoms with Gasteiger partial charge in [-0.15, -0.1) is 0 Å². The standard InChI is InChI=1S/C25H28N4O2/c1-2-17-9-11-20(12-10-17)29-16-19(14-23(29)30)25(31)28-13-5-6-18(15-28)24-26-21-7-3-4-8-22(21)27-24/h3-4,7-12,18-19H,2,5-6,13-16H2,1H3,(H,26,27). The highest BCUT2D eigenvalue weighted by molar-refractivity contribution is 6.00. The number of likely N-dealkylation sites (tertiary alicyclic amines) is 1. The van der Waals surface area contributed by atoms with Gasteiger partial charge in [0.1, 0.15) is 5.82 Å². The topological polar surface area (TPSA) is 69.3 Å². The van der Waals surface area contributed by atoms with E-state index in [4.69, 9.17) is 4.98 Å². The first-order valence-electron chi connectivity index (χ1n) is 11.2. The van der Waals surface area contributed by atoms with Crippen LogP contribution in [-0.2, 0) is 16.0 Å². The van der Waals surface area contributed by atoms with Crippen molar-refractivity contribution in [2.75, 3.05) is 24.5 Å². The Morgan fingerprint density at radius 3 is 2.71 bits per heavy atom. The van der Waals surface area contributed by atoms with E-state index in [0.717, 1.165) is 48.4 Å². The van der Waals surface area contributed by atoms with Crippen LogP contribution in [0.5, 0.6) is 0 Å². The molecule has 3 heterocycles. The number of para-hydroxylation sites is 2. The number of aryl methyl sites for hydroxylation is 1. The lowest BCUT2D eigenvalue weighted by molar-refractivity contribution is -0.137. The van der Waals surface area contributed by atoms with Gasteiger partial charge in [-0.1, -0.05) is 31.2 Å². The van der Waals surface area contributed by atoms with Gasteiger partial charge >= 0.3 is 0 Å². The minimum Gasteiger partial charge on any atom is -0.342 e. The predicted octanol–water partition coefficient (Wildman–Crippen LogP) is 3.88. The number of hydrogen-bond donors (Lipinski definition) is 1. The van der Waals surface area contributed by atoms with E-state index in [1.165, 1.54) is 5.56 Å². The summed E-state index contributed by atoms with van der Waals surface area (Å²) in [5.41, 5.74) is 4.13. The molecule has 2 aliphatic heterocycles. The molecule has 5 rings (SSSR count). The molecule has 1 aromatic heterocycles. The van der Waals surface area contributed by atoms with Crippen LogP contribution in [0.25, 0.3) is 11.0 Å². The molecule has 1 N–H and O–H groups in total. The molecular weight excluding hydrogens is 388 g/mol. The van der Waals surface area contributed by atoms with Crippen LogP contribution in [-0.4, -0.2) is 46.3 Å². The van der Waals surface area contributed by atoms with E-state index in [1.807, 2.05) is 41.3 Å². The number of fused-ring (bicyclic) bond motifs is 1. The van der Waals surface area contributed by atoms with Crippen molar-refractivity contribution in [1.82, 2.24) is 14.9 Å². The maximum atomic E-state index is 13.3. The van der Waals surface area contributed by atoms with Crippen LogP contribution in [0.15, 0.2) is 48.5 Å². The number of nitrogens with one attached hydrogen (secondary N) is 1. The van der Waals surface area contributed by atoms with Gasteiger partial charge in [0, 0.05) is 37.7 Å². The Hall–Kier alpha value is -3.15. The molecule has 2 saturated heterocycles. The minimum absolute atomic E-state index is 0.0356. The number of amides is 2. The number of anilines is 1. The summed E-state index contributed by atoms with van der Waals surface area (Å²) in [7, 11) is 0. The van der Waals surface area contributed by atoms with Crippen LogP contribution in [0, 0.1) is 5.92 Å². The first-order valence-corrected chi connectivity index (χ1v) is 11.2. The monoisotopic (exact) mass is 416 g/mol. The van der Waals surface area contributed by atoms with Gasteiger partial charge in [-0.05, 0) is 49.1 Å². The fourth-order valence-electron chi connectivity index (χ4n) is 4.86. The summed E-state index contributed by atoms with van der Waals surface area (Å²) in [4.78, 5) is 37.8. The second-order valence-corrected chi connectivity index (χ2v) is 8.69. The van der Waals surface area contributed by atoms with Gasteiger partial charge in [0.15, 0.2) is 0 Å². The van der Waals surface area contributed by atoms with E-state index < -0.39 is 0 Å². The normalized spacial score (nSPS) is 21.8. The zero-order valence-electron chi connectivity index (χ0n) is 17.9. The Labute approximate surface area is 182 Å². The van der Waals surface area contributed by atoms with Gasteiger partial charge < -0.3 is 14.8 Å². The largest absolute Gasteiger partial charge is 0.342 e. The third-order valence-corrected chi connectivity index (χ3v) is 6.66. The summed E-state index contributed by atoms with van der Waals surface area (Å²) in [6.45, 7) is 4.00. The SMILES string of the molecule is CCc1ccc(N2CC(C(=O)N3CCCC(c4nc5ccccc5[nH]4)C3)CC2=O)cc1. The number of imidazole rings is 1. The number of nitrogens with zero attached hydrogens (tertiary/aromatic N) is 3. The molecule has 31 heavy (non-hydrogen) atoms. The number of carbonyl (C=O) groups is 2. The quantitative estimate of drug-likeness (QED) is 0.702. The molecule has 0 bridgehead atoms. The molecular formula is C25H28N4O2. The van der Waals surface area contributed by atoms with Gasteiger partial charge in [0.05, 0.1) is 17.0 Å². The highest BCUT2D eigenvalue weighted by Gasteiger charge is 2.38. The third kappa shape index (κ3) is 3.82. The Morgan fingerprint density at radius 2 is 1.94 bits per heavy atom. The van der Waals surface area contributed by atoms with Crippen molar-refractivity contribution in [3.8, 4) is 0 Å². The van der Waals surface area contributed by atoms with E-state index in [9.17, 15) is 9.59 Å². The summed E-state index contributed by atoms with van der Waals surface area (Å²) in [6.07, 6.45) is 3.23. The lowest BCUT2D eigenvalue weighted by atomic mass is 9.95. The number of benzene rings is 2. The number of hydrogen-bond acceptors (Lipinski definition) is 3. The third-order valence-electron chi connectivity index (χ3n) is 6.66. The number of H-pyrrole nitrogens is 1. The van der Waals surface area contributed by atoms with E-state index in [-0.39, 0.29) is 23.7 Å². The Kier molecular flexibility index (Phi) is 5.22. The molecule has 6 nitrogen and oxygen atoms in total. The van der Waals surface area contributed by atoms with Crippen LogP contribution in [0.2, 0.25) is 0 Å². The second-order valence-electron chi connectivity index (χ2n) is 8.69. The van der Waals surface area contributed by atoms with Crippen molar-refractivity contribution in [2.45, 2.75) is 38.5 Å². The summed E-state index contributed by atoms with van der Waals surface area (Å²) >= 11 is 0. The van der Waals surface area contributed by atoms with Gasteiger partial charge in [0.2, 0.25) is 11.8 Å². The maximum absolute atomic E-state index is 13.3. The van der Waals surface area contributed by atoms with Crippen LogP contribution < -0.4 is 4.90 Å². The molecule has 0 spiro atoms. The fraction of sp³-hybridized carbons (Fsp3) is 0.400. The van der Waals surface area contributed by atoms with Gasteiger partial charge in [-0.2, -0.15) is 0 Å². The summed E-state index contributed by atoms with van der Waals surface area (Å²) in [6, 6.07) is 16.1. The van der Waals surface area contributed by atoms with Crippen molar-refractivity contribution in [3.05, 3.63) is 59.9 Å². The molecule has 160 valence electrons. The first kappa shape index (κ1) is 19.8. The fourth-order valence-corrected chi connectivity index (χ4v) is 4.86. The zero-order chi connectivity index (χ0) is 21.4. The van der Waals surface area contributed by atoms with Crippen LogP contribution in [0.3, 0.4) is 0 Å². The molecule has 2 unspecified atom stereocenters. The van der Waals surface area contributed by atoms with Crippen molar-refractivity contribution in [3.63, 3.8) is 0 Å². The van der Waals surface area contributed by atoms with E-state index in [2.05, 4.69) is 24.0 Å². The number of aromatic amines is 1. The van der Waals surface area contributed by atoms with Crippen molar-refractivity contribution < 1.29 is 9.59 Å². The molecule has 2 aliphatic rings. The second kappa shape index (κ2) is 8.17. The molecule has 2 aromatic carbocycles. The summed E-state index contributed by atoms with van der Waals surface area (Å²) in [5.74, 6) is 1.03. The lowest BCUT2D eigenvalue weighted by Crippen LogP contribution is -2.43. The van der Waals surface area contributed by atoms with E-state index in [1.54, 1.807) is 4.90 Å². The van der Waals surface area contributed by atoms with Crippen molar-refractivity contribution in [1.29, 1.82) is 0 Å². The highest BCUT2D eigenvalue weighted by Crippen LogP contribution is 2.31. The zero-order valence-corrected chi connectivity index (χ0v) is 17.9. The van der Waals surface area contributed by atoms with Crippen LogP contribution >= 0.6 is 0 Å². The average molecular weight is 417 g/mol. The predicted molar refractivity (Wildman–Crippen MR) is 121 cm³/mol. The van der Waals surface area contributed by atoms with Crippen molar-refractivity contribution in [2.24, 2.45) is 5.92 Å². The van der Waals surface area contributed by atoms with Crippen LogP contribution in [0.4, 0.5) is 5.69 Å². The molecule has 0 aliphatic carbocycles. The number of carbonyl (C=O) groups excluding carboxylic acids is 2. The molecule has 0 radical (unpaired) electrons. The Balaban J connectivity index is 1.27. The lowest BCUT2D eigenvalue weighted by Gasteiger charge is -2.33. The summed E-state index contributed by atoms with van der Waals surface area (Å²) in [5, 5.41) is 0. The molecule has 0 saturated carbocycles. The minimum atomic E-state index is -0.271. The smallest absolute Gasteiger partial charge is 0.228 e. The Morgan fingerprint density at radius 1 is 1.13 bits per heavy atom. The molecule has 6 heteroatoms. The molecule has 2 amide bonds. The first-order chi connectivity index (χ1) is 15.1. The average Bonchev–Trinajstić information content (AvgIpc) is 3.42. The highest BCUT2D eigenvalue weighted by atomic mass is 16.2. The molecule has 2 atom stereocenters. The van der Waals surface area contributed by atoms with Crippen LogP contribution in [0.1, 0.15) is 43.5 Å². The number of aromatic nitrogens is 2. The summed E-state index contributed by atoms with van der Waals surface area (Å²) < 4.78 is 0. The van der Waals surface area contributed by atoms with Crippen molar-refractivity contribution >= 4 is 28.5 Å². The van der Waals surface area contributed by atoms with E-state index >= 15 is 0 Å².